The number of aromatic hydroxyl groups is 1. The Kier molecular flexibility index (Phi) is 6.63. The number of aliphatic hydroxyl groups is 1. The summed E-state index contributed by atoms with van der Waals surface area (Å²) in [5, 5.41) is 23.1. The summed E-state index contributed by atoms with van der Waals surface area (Å²) in [6.45, 7) is 1.75. The zero-order chi connectivity index (χ0) is 26.8. The average Bonchev–Trinajstić information content (AvgIpc) is 3.15. The molecule has 1 atom stereocenters. The molecular weight excluding hydrogens is 486 g/mol. The summed E-state index contributed by atoms with van der Waals surface area (Å²) in [6, 6.07) is 18.8. The van der Waals surface area contributed by atoms with E-state index >= 15 is 0 Å². The number of nitrogens with zero attached hydrogens (tertiary/aromatic N) is 4. The van der Waals surface area contributed by atoms with Crippen LogP contribution in [0.1, 0.15) is 17.3 Å². The number of nitrogens with one attached hydrogen (secondary N) is 1. The third-order valence-corrected chi connectivity index (χ3v) is 5.97. The van der Waals surface area contributed by atoms with Gasteiger partial charge in [0.05, 0.1) is 30.1 Å². The summed E-state index contributed by atoms with van der Waals surface area (Å²) in [6.07, 6.45) is 2.30. The fourth-order valence-electron chi connectivity index (χ4n) is 4.23. The molecule has 0 aliphatic heterocycles. The second-order valence-electron chi connectivity index (χ2n) is 8.80. The van der Waals surface area contributed by atoms with Crippen LogP contribution in [0.25, 0.3) is 22.2 Å². The number of anilines is 1. The van der Waals surface area contributed by atoms with Crippen LogP contribution in [0, 0.1) is 0 Å². The number of benzene rings is 2. The van der Waals surface area contributed by atoms with Crippen LogP contribution in [-0.4, -0.2) is 41.6 Å². The zero-order valence-electron chi connectivity index (χ0n) is 20.7. The Bertz CT molecular complexity index is 1670. The molecule has 0 spiro atoms. The number of amides is 1. The maximum absolute atomic E-state index is 13.3. The van der Waals surface area contributed by atoms with E-state index in [0.717, 1.165) is 0 Å². The van der Waals surface area contributed by atoms with E-state index in [0.29, 0.717) is 33.7 Å². The van der Waals surface area contributed by atoms with Crippen molar-refractivity contribution in [2.75, 3.05) is 5.32 Å². The van der Waals surface area contributed by atoms with Gasteiger partial charge in [0, 0.05) is 30.3 Å². The Hall–Kier alpha value is -4.96. The van der Waals surface area contributed by atoms with Gasteiger partial charge in [0.2, 0.25) is 0 Å². The second-order valence-corrected chi connectivity index (χ2v) is 8.80. The molecule has 0 saturated heterocycles. The van der Waals surface area contributed by atoms with E-state index in [-0.39, 0.29) is 23.7 Å². The number of hydrogen-bond donors (Lipinski definition) is 3. The summed E-state index contributed by atoms with van der Waals surface area (Å²) in [5.74, 6) is 0.679. The minimum absolute atomic E-state index is 0.0482. The lowest BCUT2D eigenvalue weighted by atomic mass is 10.1. The predicted octanol–water partition coefficient (Wildman–Crippen LogP) is 3.93. The van der Waals surface area contributed by atoms with Gasteiger partial charge >= 0.3 is 0 Å². The Morgan fingerprint density at radius 3 is 2.58 bits per heavy atom. The molecule has 0 bridgehead atoms. The fraction of sp³-hybridized carbons (Fsp3) is 0.143. The largest absolute Gasteiger partial charge is 0.508 e. The number of aromatic nitrogens is 4. The maximum Gasteiger partial charge on any atom is 0.279 e. The number of phenols is 1. The Morgan fingerprint density at radius 1 is 1.08 bits per heavy atom. The highest BCUT2D eigenvalue weighted by Gasteiger charge is 2.26. The second kappa shape index (κ2) is 10.2. The van der Waals surface area contributed by atoms with Gasteiger partial charge in [-0.2, -0.15) is 0 Å². The first-order valence-electron chi connectivity index (χ1n) is 11.9. The van der Waals surface area contributed by atoms with Crippen molar-refractivity contribution in [3.8, 4) is 28.5 Å². The molecule has 2 aromatic carbocycles. The number of hydrogen-bond acceptors (Lipinski definition) is 7. The summed E-state index contributed by atoms with van der Waals surface area (Å²) < 4.78 is 8.88. The van der Waals surface area contributed by atoms with Crippen LogP contribution in [0.15, 0.2) is 83.9 Å². The van der Waals surface area contributed by atoms with Crippen LogP contribution in [0.4, 0.5) is 5.82 Å². The molecule has 10 nitrogen and oxygen atoms in total. The van der Waals surface area contributed by atoms with Gasteiger partial charge in [-0.05, 0) is 37.3 Å². The number of fused-ring (bicyclic) bond motifs is 1. The van der Waals surface area contributed by atoms with Gasteiger partial charge < -0.3 is 20.3 Å². The van der Waals surface area contributed by atoms with Crippen molar-refractivity contribution < 1.29 is 19.7 Å². The van der Waals surface area contributed by atoms with E-state index in [9.17, 15) is 19.8 Å². The molecule has 0 aliphatic rings. The monoisotopic (exact) mass is 511 g/mol. The van der Waals surface area contributed by atoms with Crippen molar-refractivity contribution in [2.45, 2.75) is 19.6 Å². The maximum atomic E-state index is 13.3. The fourth-order valence-corrected chi connectivity index (χ4v) is 4.23. The van der Waals surface area contributed by atoms with Gasteiger partial charge in [-0.25, -0.2) is 4.98 Å². The van der Waals surface area contributed by atoms with Gasteiger partial charge in [0.1, 0.15) is 28.6 Å². The Balaban J connectivity index is 1.42. The molecule has 3 heterocycles. The topological polar surface area (TPSA) is 132 Å². The minimum atomic E-state index is -0.733. The third-order valence-electron chi connectivity index (χ3n) is 5.97. The summed E-state index contributed by atoms with van der Waals surface area (Å²) >= 11 is 0. The molecule has 192 valence electrons. The molecule has 0 aliphatic carbocycles. The molecule has 5 aromatic rings. The minimum Gasteiger partial charge on any atom is -0.508 e. The molecule has 10 heteroatoms. The average molecular weight is 512 g/mol. The number of aliphatic hydroxyl groups excluding tert-OH is 1. The molecular formula is C28H25N5O5. The van der Waals surface area contributed by atoms with Crippen molar-refractivity contribution in [1.82, 2.24) is 19.3 Å². The van der Waals surface area contributed by atoms with Crippen molar-refractivity contribution in [2.24, 2.45) is 7.05 Å². The van der Waals surface area contributed by atoms with E-state index in [2.05, 4.69) is 15.3 Å². The smallest absolute Gasteiger partial charge is 0.279 e. The first kappa shape index (κ1) is 24.7. The number of ether oxygens (including phenoxy) is 1. The van der Waals surface area contributed by atoms with Gasteiger partial charge in [-0.3, -0.25) is 23.9 Å². The van der Waals surface area contributed by atoms with Crippen molar-refractivity contribution in [3.05, 3.63) is 95.0 Å². The van der Waals surface area contributed by atoms with E-state index in [4.69, 9.17) is 4.74 Å². The van der Waals surface area contributed by atoms with Crippen molar-refractivity contribution in [3.63, 3.8) is 0 Å². The quantitative estimate of drug-likeness (QED) is 0.302. The van der Waals surface area contributed by atoms with Gasteiger partial charge in [-0.15, -0.1) is 0 Å². The number of phenolic OH excluding ortho intramolecular Hbond substituents is 1. The highest BCUT2D eigenvalue weighted by atomic mass is 16.5. The van der Waals surface area contributed by atoms with Crippen LogP contribution >= 0.6 is 0 Å². The first-order chi connectivity index (χ1) is 18.3. The molecule has 0 radical (unpaired) electrons. The van der Waals surface area contributed by atoms with Crippen LogP contribution in [0.5, 0.6) is 17.2 Å². The normalized spacial score (nSPS) is 11.9. The molecule has 5 rings (SSSR count). The molecule has 1 amide bonds. The Labute approximate surface area is 217 Å². The molecule has 0 unspecified atom stereocenters. The van der Waals surface area contributed by atoms with Gasteiger partial charge in [-0.1, -0.05) is 30.3 Å². The SMILES string of the molecule is C[C@@H](O)Cn1c(-c2ccccc2)c(C(=O)Nc2ccc(Oc3ccnc4cc(O)ccc34)cn2)c(=O)n1C. The lowest BCUT2D eigenvalue weighted by molar-refractivity contribution is 0.102. The van der Waals surface area contributed by atoms with Gasteiger partial charge in [0.25, 0.3) is 11.5 Å². The number of pyridine rings is 2. The molecule has 3 N–H and O–H groups in total. The predicted molar refractivity (Wildman–Crippen MR) is 142 cm³/mol. The highest BCUT2D eigenvalue weighted by molar-refractivity contribution is 6.07. The first-order valence-corrected chi connectivity index (χ1v) is 11.9. The number of carbonyl (C=O) groups excluding carboxylic acids is 1. The standard InChI is InChI=1S/C28H25N5O5/c1-17(34)16-33-26(18-6-4-3-5-7-18)25(28(37)32(33)2)27(36)31-24-11-9-20(15-30-24)38-23-12-13-29-22-14-19(35)8-10-21(22)23/h3-15,17,34-35H,16H2,1-2H3,(H,30,31,36)/t17-/m1/s1. The molecule has 3 aromatic heterocycles. The van der Waals surface area contributed by atoms with Crippen LogP contribution in [-0.2, 0) is 13.6 Å². The summed E-state index contributed by atoms with van der Waals surface area (Å²) in [4.78, 5) is 35.0. The van der Waals surface area contributed by atoms with E-state index in [1.165, 1.54) is 10.9 Å². The Morgan fingerprint density at radius 2 is 1.87 bits per heavy atom. The van der Waals surface area contributed by atoms with E-state index in [1.807, 2.05) is 18.2 Å². The van der Waals surface area contributed by atoms with E-state index in [1.54, 1.807) is 73.4 Å². The van der Waals surface area contributed by atoms with E-state index < -0.39 is 17.6 Å². The van der Waals surface area contributed by atoms with Crippen molar-refractivity contribution >= 4 is 22.6 Å². The molecule has 0 saturated carbocycles. The summed E-state index contributed by atoms with van der Waals surface area (Å²) in [5.41, 5.74) is 1.13. The van der Waals surface area contributed by atoms with Crippen LogP contribution in [0.2, 0.25) is 0 Å². The number of rotatable bonds is 7. The highest BCUT2D eigenvalue weighted by Crippen LogP contribution is 2.30. The van der Waals surface area contributed by atoms with Crippen LogP contribution < -0.4 is 15.6 Å². The third kappa shape index (κ3) is 4.84. The van der Waals surface area contributed by atoms with Crippen LogP contribution in [0.3, 0.4) is 0 Å². The molecule has 0 fully saturated rings. The zero-order valence-corrected chi connectivity index (χ0v) is 20.7. The summed E-state index contributed by atoms with van der Waals surface area (Å²) in [7, 11) is 1.56. The lowest BCUT2D eigenvalue weighted by Gasteiger charge is -2.14. The lowest BCUT2D eigenvalue weighted by Crippen LogP contribution is -2.26. The van der Waals surface area contributed by atoms with Crippen molar-refractivity contribution in [1.29, 1.82) is 0 Å². The molecule has 38 heavy (non-hydrogen) atoms. The number of carbonyl (C=O) groups is 1. The van der Waals surface area contributed by atoms with Gasteiger partial charge in [0.15, 0.2) is 0 Å².